The van der Waals surface area contributed by atoms with E-state index in [-0.39, 0.29) is 31.8 Å². The van der Waals surface area contributed by atoms with Gasteiger partial charge in [0, 0.05) is 23.4 Å². The Balaban J connectivity index is 1.62. The lowest BCUT2D eigenvalue weighted by Gasteiger charge is -2.31. The average Bonchev–Trinajstić information content (AvgIpc) is 3.22. The molecule has 0 spiro atoms. The fraction of sp³-hybridized carbons (Fsp3) is 0.125. The molecule has 172 valence electrons. The minimum Gasteiger partial charge on any atom is -0.489 e. The third-order valence-corrected chi connectivity index (χ3v) is 6.59. The van der Waals surface area contributed by atoms with E-state index in [1.54, 1.807) is 23.2 Å². The predicted molar refractivity (Wildman–Crippen MR) is 122 cm³/mol. The summed E-state index contributed by atoms with van der Waals surface area (Å²) < 4.78 is 48.2. The minimum absolute atomic E-state index is 0.0539. The molecule has 0 saturated heterocycles. The Morgan fingerprint density at radius 2 is 1.91 bits per heavy atom. The summed E-state index contributed by atoms with van der Waals surface area (Å²) in [6, 6.07) is 9.88. The normalized spacial score (nSPS) is 12.9. The summed E-state index contributed by atoms with van der Waals surface area (Å²) in [7, 11) is 0. The van der Waals surface area contributed by atoms with Crippen LogP contribution in [0, 0.1) is 17.5 Å². The number of aromatic nitrogens is 1. The summed E-state index contributed by atoms with van der Waals surface area (Å²) >= 11 is 0.907. The topological polar surface area (TPSA) is 71.5 Å². The highest BCUT2D eigenvalue weighted by Crippen LogP contribution is 2.39. The van der Waals surface area contributed by atoms with E-state index in [4.69, 9.17) is 4.74 Å². The molecule has 3 heterocycles. The van der Waals surface area contributed by atoms with Gasteiger partial charge in [0.1, 0.15) is 23.1 Å². The van der Waals surface area contributed by atoms with Crippen LogP contribution in [0.3, 0.4) is 0 Å². The van der Waals surface area contributed by atoms with Crippen molar-refractivity contribution in [2.24, 2.45) is 0 Å². The van der Waals surface area contributed by atoms with Gasteiger partial charge in [-0.1, -0.05) is 12.1 Å². The Bertz CT molecular complexity index is 1470. The molecule has 0 aliphatic carbocycles. The molecule has 6 nitrogen and oxygen atoms in total. The molecule has 10 heteroatoms. The molecule has 0 unspecified atom stereocenters. The number of carbonyl (C=O) groups is 2. The lowest BCUT2D eigenvalue weighted by molar-refractivity contribution is 0.0936. The van der Waals surface area contributed by atoms with Gasteiger partial charge in [-0.05, 0) is 31.2 Å². The Labute approximate surface area is 195 Å². The molecule has 1 amide bonds. The molecule has 34 heavy (non-hydrogen) atoms. The Morgan fingerprint density at radius 3 is 2.71 bits per heavy atom. The van der Waals surface area contributed by atoms with E-state index in [0.29, 0.717) is 30.7 Å². The number of ether oxygens (including phenoxy) is 1. The van der Waals surface area contributed by atoms with Crippen molar-refractivity contribution in [3.8, 4) is 16.9 Å². The highest BCUT2D eigenvalue weighted by molar-refractivity contribution is 7.21. The molecule has 4 aromatic rings. The number of nitrogens with zero attached hydrogens (tertiary/aromatic N) is 2. The third-order valence-electron chi connectivity index (χ3n) is 5.38. The molecule has 2 aromatic heterocycles. The van der Waals surface area contributed by atoms with Crippen molar-refractivity contribution in [3.63, 3.8) is 0 Å². The largest absolute Gasteiger partial charge is 0.489 e. The van der Waals surface area contributed by atoms with Crippen LogP contribution in [-0.2, 0) is 0 Å². The van der Waals surface area contributed by atoms with Gasteiger partial charge in [-0.15, -0.1) is 11.3 Å². The van der Waals surface area contributed by atoms with E-state index >= 15 is 0 Å². The molecule has 2 aromatic carbocycles. The van der Waals surface area contributed by atoms with Crippen LogP contribution in [0.2, 0.25) is 0 Å². The van der Waals surface area contributed by atoms with E-state index < -0.39 is 29.1 Å². The van der Waals surface area contributed by atoms with Gasteiger partial charge in [0.15, 0.2) is 17.4 Å². The number of fused-ring (bicyclic) bond motifs is 2. The molecule has 1 N–H and O–H groups in total. The molecule has 0 saturated carbocycles. The van der Waals surface area contributed by atoms with Crippen LogP contribution >= 0.6 is 11.3 Å². The number of anilines is 1. The van der Waals surface area contributed by atoms with Crippen molar-refractivity contribution in [1.29, 1.82) is 0 Å². The molecule has 0 bridgehead atoms. The lowest BCUT2D eigenvalue weighted by atomic mass is 10.0. The number of pyridine rings is 1. The van der Waals surface area contributed by atoms with Crippen molar-refractivity contribution in [2.75, 3.05) is 18.2 Å². The number of Topliss-reactive ketones (excluding diaryl/α,β-unsaturated/α-hetero) is 1. The zero-order valence-electron chi connectivity index (χ0n) is 17.7. The molecular weight excluding hydrogens is 467 g/mol. The number of para-hydroxylation sites is 2. The van der Waals surface area contributed by atoms with Gasteiger partial charge in [-0.3, -0.25) is 25.0 Å². The fourth-order valence-corrected chi connectivity index (χ4v) is 5.12. The first-order valence-corrected chi connectivity index (χ1v) is 11.0. The summed E-state index contributed by atoms with van der Waals surface area (Å²) in [6.45, 7) is 2.01. The summed E-state index contributed by atoms with van der Waals surface area (Å²) in [4.78, 5) is 30.1. The van der Waals surface area contributed by atoms with Crippen LogP contribution in [0.15, 0.2) is 48.7 Å². The number of amides is 1. The van der Waals surface area contributed by atoms with Gasteiger partial charge >= 0.3 is 0 Å². The molecule has 1 aliphatic rings. The first-order chi connectivity index (χ1) is 16.3. The average molecular weight is 483 g/mol. The van der Waals surface area contributed by atoms with Gasteiger partial charge in [-0.2, -0.15) is 0 Å². The van der Waals surface area contributed by atoms with Gasteiger partial charge in [0.25, 0.3) is 5.91 Å². The smallest absolute Gasteiger partial charge is 0.280 e. The van der Waals surface area contributed by atoms with Gasteiger partial charge in [0.05, 0.1) is 28.0 Å². The van der Waals surface area contributed by atoms with Crippen molar-refractivity contribution in [3.05, 3.63) is 76.6 Å². The number of hydrogen-bond donors (Lipinski definition) is 1. The van der Waals surface area contributed by atoms with Crippen LogP contribution in [0.25, 0.3) is 21.3 Å². The molecule has 5 rings (SSSR count). The second-order valence-electron chi connectivity index (χ2n) is 7.56. The Morgan fingerprint density at radius 1 is 1.12 bits per heavy atom. The van der Waals surface area contributed by atoms with Gasteiger partial charge in [0.2, 0.25) is 0 Å². The number of nitrogens with one attached hydrogen (secondary N) is 1. The van der Waals surface area contributed by atoms with Gasteiger partial charge < -0.3 is 4.74 Å². The van der Waals surface area contributed by atoms with Gasteiger partial charge in [-0.25, -0.2) is 13.2 Å². The first-order valence-electron chi connectivity index (χ1n) is 10.2. The highest BCUT2D eigenvalue weighted by atomic mass is 32.1. The summed E-state index contributed by atoms with van der Waals surface area (Å²) in [5, 5.41) is 1.62. The number of hydrogen-bond acceptors (Lipinski definition) is 6. The van der Waals surface area contributed by atoms with Crippen LogP contribution in [0.1, 0.15) is 27.0 Å². The van der Waals surface area contributed by atoms with Crippen LogP contribution in [0.5, 0.6) is 5.75 Å². The van der Waals surface area contributed by atoms with Crippen LogP contribution < -0.4 is 15.2 Å². The monoisotopic (exact) mass is 483 g/mol. The molecular formula is C24H16F3N3O3S. The second-order valence-corrected chi connectivity index (χ2v) is 8.58. The first kappa shape index (κ1) is 21.9. The van der Waals surface area contributed by atoms with Crippen molar-refractivity contribution in [1.82, 2.24) is 10.4 Å². The molecule has 1 aliphatic heterocycles. The maximum atomic E-state index is 14.5. The summed E-state index contributed by atoms with van der Waals surface area (Å²) in [6.07, 6.45) is 1.30. The van der Waals surface area contributed by atoms with E-state index in [1.807, 2.05) is 6.07 Å². The maximum absolute atomic E-state index is 14.5. The number of halogens is 3. The number of benzene rings is 2. The fourth-order valence-electron chi connectivity index (χ4n) is 3.90. The number of thiophene rings is 1. The SMILES string of the molecule is CC(=O)c1c(C(=O)NN2CCOc3ccccc32)sc2c(-c3cc(F)cc(F)c3F)ccnc12. The Hall–Kier alpha value is -3.92. The maximum Gasteiger partial charge on any atom is 0.280 e. The molecule has 0 radical (unpaired) electrons. The molecule has 0 fully saturated rings. The van der Waals surface area contributed by atoms with E-state index in [9.17, 15) is 22.8 Å². The summed E-state index contributed by atoms with van der Waals surface area (Å²) in [5.41, 5.74) is 3.46. The number of carbonyl (C=O) groups excluding carboxylic acids is 2. The summed E-state index contributed by atoms with van der Waals surface area (Å²) in [5.74, 6) is -3.91. The quantitative estimate of drug-likeness (QED) is 0.322. The van der Waals surface area contributed by atoms with Crippen LogP contribution in [-0.4, -0.2) is 29.8 Å². The number of hydrazine groups is 1. The van der Waals surface area contributed by atoms with E-state index in [1.165, 1.54) is 19.2 Å². The molecule has 0 atom stereocenters. The van der Waals surface area contributed by atoms with Crippen molar-refractivity contribution >= 4 is 38.9 Å². The van der Waals surface area contributed by atoms with E-state index in [0.717, 1.165) is 17.4 Å². The lowest BCUT2D eigenvalue weighted by Crippen LogP contribution is -2.46. The number of ketones is 1. The highest BCUT2D eigenvalue weighted by Gasteiger charge is 2.28. The van der Waals surface area contributed by atoms with Crippen molar-refractivity contribution in [2.45, 2.75) is 6.92 Å². The van der Waals surface area contributed by atoms with E-state index in [2.05, 4.69) is 10.4 Å². The third kappa shape index (κ3) is 3.65. The second kappa shape index (κ2) is 8.45. The zero-order chi connectivity index (χ0) is 24.0. The minimum atomic E-state index is -1.34. The van der Waals surface area contributed by atoms with Crippen molar-refractivity contribution < 1.29 is 27.5 Å². The standard InChI is InChI=1S/C24H16F3N3O3S/c1-12(31)19-21-22(14(6-7-28-21)15-10-13(25)11-16(26)20(15)27)34-23(19)24(32)29-30-8-9-33-18-5-3-2-4-17(18)30/h2-7,10-11H,8-9H2,1H3,(H,29,32). The van der Waals surface area contributed by atoms with Crippen LogP contribution in [0.4, 0.5) is 18.9 Å². The Kier molecular flexibility index (Phi) is 5.45. The predicted octanol–water partition coefficient (Wildman–Crippen LogP) is 5.13. The number of rotatable bonds is 4. The zero-order valence-corrected chi connectivity index (χ0v) is 18.5.